The molecule has 1 saturated heterocycles. The zero-order valence-electron chi connectivity index (χ0n) is 23.7. The largest absolute Gasteiger partial charge is 0.467 e. The van der Waals surface area contributed by atoms with Gasteiger partial charge in [-0.2, -0.15) is 0 Å². The van der Waals surface area contributed by atoms with E-state index in [0.29, 0.717) is 5.69 Å². The molecule has 2 N–H and O–H groups in total. The van der Waals surface area contributed by atoms with Gasteiger partial charge in [0.25, 0.3) is 5.91 Å². The summed E-state index contributed by atoms with van der Waals surface area (Å²) >= 11 is 17.0. The van der Waals surface area contributed by atoms with Crippen LogP contribution in [0.15, 0.2) is 54.6 Å². The van der Waals surface area contributed by atoms with Crippen LogP contribution in [0.25, 0.3) is 0 Å². The van der Waals surface area contributed by atoms with Crippen LogP contribution >= 0.6 is 34.8 Å². The summed E-state index contributed by atoms with van der Waals surface area (Å²) in [7, 11) is 1.10. The van der Waals surface area contributed by atoms with Crippen molar-refractivity contribution in [2.75, 3.05) is 18.6 Å². The lowest BCUT2D eigenvalue weighted by molar-refractivity contribution is -0.146. The molecular weight excluding hydrogens is 625 g/mol. The number of halogens is 3. The highest BCUT2D eigenvalue weighted by atomic mass is 35.6. The lowest BCUT2D eigenvalue weighted by atomic mass is 9.85. The molecule has 11 nitrogen and oxygen atoms in total. The highest BCUT2D eigenvalue weighted by Crippen LogP contribution is 2.52. The van der Waals surface area contributed by atoms with Crippen LogP contribution < -0.4 is 10.2 Å². The van der Waals surface area contributed by atoms with Crippen molar-refractivity contribution in [3.8, 4) is 0 Å². The number of anilines is 1. The summed E-state index contributed by atoms with van der Waals surface area (Å²) in [6.07, 6.45) is -3.48. The van der Waals surface area contributed by atoms with E-state index in [2.05, 4.69) is 5.32 Å². The second-order valence-corrected chi connectivity index (χ2v) is 13.2. The van der Waals surface area contributed by atoms with Crippen LogP contribution in [0.1, 0.15) is 37.8 Å². The Morgan fingerprint density at radius 2 is 1.70 bits per heavy atom. The Balaban J connectivity index is 1.72. The summed E-state index contributed by atoms with van der Waals surface area (Å²) in [5, 5.41) is 14.8. The lowest BCUT2D eigenvalue weighted by Crippen LogP contribution is -2.57. The summed E-state index contributed by atoms with van der Waals surface area (Å²) in [6.45, 7) is 3.13. The molecule has 0 aliphatic carbocycles. The average molecular weight is 657 g/mol. The number of esters is 1. The SMILES string of the molecule is COC(=O)[C@@H](C[C@@]1(O)c2ccccc2N2C(=O)[C@H](CC(C)C)N(C(=O)OCc3ccccc3)[C@H]21)NC(=O)OCC(Cl)(Cl)Cl. The van der Waals surface area contributed by atoms with Gasteiger partial charge >= 0.3 is 18.2 Å². The smallest absolute Gasteiger partial charge is 0.412 e. The summed E-state index contributed by atoms with van der Waals surface area (Å²) in [6, 6.07) is 13.1. The van der Waals surface area contributed by atoms with Crippen molar-refractivity contribution in [3.63, 3.8) is 0 Å². The number of carbonyl (C=O) groups is 4. The van der Waals surface area contributed by atoms with Gasteiger partial charge in [-0.05, 0) is 24.0 Å². The number of alkyl carbamates (subject to hydrolysis) is 1. The number of hydrogen-bond acceptors (Lipinski definition) is 8. The van der Waals surface area contributed by atoms with Gasteiger partial charge in [0.1, 0.15) is 37.1 Å². The Morgan fingerprint density at radius 1 is 1.05 bits per heavy atom. The maximum absolute atomic E-state index is 13.9. The Bertz CT molecular complexity index is 1360. The zero-order valence-corrected chi connectivity index (χ0v) is 25.9. The minimum absolute atomic E-state index is 0.00101. The van der Waals surface area contributed by atoms with Crippen LogP contribution in [0.5, 0.6) is 0 Å². The molecule has 1 fully saturated rings. The van der Waals surface area contributed by atoms with Crippen LogP contribution in [0.3, 0.4) is 0 Å². The number of methoxy groups -OCH3 is 1. The van der Waals surface area contributed by atoms with Gasteiger partial charge in [0, 0.05) is 12.0 Å². The summed E-state index contributed by atoms with van der Waals surface area (Å²) in [5.74, 6) is -1.33. The maximum atomic E-state index is 13.9. The number of aliphatic hydroxyl groups is 1. The molecule has 232 valence electrons. The van der Waals surface area contributed by atoms with Crippen molar-refractivity contribution >= 4 is 64.6 Å². The Kier molecular flexibility index (Phi) is 10.0. The molecule has 2 aliphatic rings. The van der Waals surface area contributed by atoms with Gasteiger partial charge in [0.05, 0.1) is 12.8 Å². The van der Waals surface area contributed by atoms with Crippen molar-refractivity contribution < 1.29 is 38.5 Å². The highest BCUT2D eigenvalue weighted by molar-refractivity contribution is 6.67. The van der Waals surface area contributed by atoms with Gasteiger partial charge in [0.2, 0.25) is 3.79 Å². The van der Waals surface area contributed by atoms with Gasteiger partial charge in [0.15, 0.2) is 0 Å². The van der Waals surface area contributed by atoms with E-state index >= 15 is 0 Å². The number of para-hydroxylation sites is 1. The molecule has 3 amide bonds. The Labute approximate surface area is 263 Å². The van der Waals surface area contributed by atoms with Crippen LogP contribution in [0, 0.1) is 5.92 Å². The third-order valence-electron chi connectivity index (χ3n) is 7.19. The molecule has 2 aromatic carbocycles. The number of hydrogen-bond donors (Lipinski definition) is 2. The minimum Gasteiger partial charge on any atom is -0.467 e. The highest BCUT2D eigenvalue weighted by Gasteiger charge is 2.64. The third-order valence-corrected chi connectivity index (χ3v) is 7.52. The Hall–Kier alpha value is -3.25. The monoisotopic (exact) mass is 655 g/mol. The van der Waals surface area contributed by atoms with Gasteiger partial charge in [-0.15, -0.1) is 0 Å². The first kappa shape index (κ1) is 32.7. The fourth-order valence-corrected chi connectivity index (χ4v) is 5.62. The maximum Gasteiger partial charge on any atom is 0.412 e. The van der Waals surface area contributed by atoms with E-state index in [1.54, 1.807) is 48.5 Å². The van der Waals surface area contributed by atoms with Crippen LogP contribution in [0.4, 0.5) is 15.3 Å². The second kappa shape index (κ2) is 13.2. The van der Waals surface area contributed by atoms with Gasteiger partial charge in [-0.25, -0.2) is 14.4 Å². The molecule has 2 heterocycles. The molecule has 0 radical (unpaired) electrons. The summed E-state index contributed by atoms with van der Waals surface area (Å²) < 4.78 is 13.5. The van der Waals surface area contributed by atoms with E-state index in [-0.39, 0.29) is 24.5 Å². The number of carbonyl (C=O) groups excluding carboxylic acids is 4. The number of alkyl halides is 3. The van der Waals surface area contributed by atoms with E-state index < -0.39 is 64.7 Å². The standard InChI is InChI=1S/C29H32Cl3N3O8/c1-17(2)13-22-23(36)34-21-12-8-7-11-19(21)28(40,14-20(24(37)41-3)33-26(38)43-16-29(30,31)32)25(34)35(22)27(39)42-15-18-9-5-4-6-10-18/h4-12,17,20,22,25,40H,13-16H2,1-3H3,(H,33,38)/t20-,22+,25+,28-/m1/s1. The third kappa shape index (κ3) is 7.12. The molecule has 2 aromatic rings. The molecule has 4 rings (SSSR count). The summed E-state index contributed by atoms with van der Waals surface area (Å²) in [5.41, 5.74) is -0.713. The molecule has 0 spiro atoms. The number of nitrogens with one attached hydrogen (secondary N) is 1. The minimum atomic E-state index is -2.06. The molecule has 43 heavy (non-hydrogen) atoms. The van der Waals surface area contributed by atoms with E-state index in [1.165, 1.54) is 9.80 Å². The van der Waals surface area contributed by atoms with E-state index in [1.807, 2.05) is 19.9 Å². The fourth-order valence-electron chi connectivity index (χ4n) is 5.45. The predicted molar refractivity (Wildman–Crippen MR) is 159 cm³/mol. The first-order valence-electron chi connectivity index (χ1n) is 13.5. The quantitative estimate of drug-likeness (QED) is 0.227. The molecule has 0 saturated carbocycles. The first-order valence-corrected chi connectivity index (χ1v) is 14.6. The van der Waals surface area contributed by atoms with E-state index in [4.69, 9.17) is 49.0 Å². The average Bonchev–Trinajstić information content (AvgIpc) is 3.39. The molecule has 0 aromatic heterocycles. The number of ether oxygens (including phenoxy) is 3. The topological polar surface area (TPSA) is 135 Å². The summed E-state index contributed by atoms with van der Waals surface area (Å²) in [4.78, 5) is 55.7. The van der Waals surface area contributed by atoms with Gasteiger partial charge in [-0.3, -0.25) is 14.6 Å². The number of benzene rings is 2. The second-order valence-electron chi connectivity index (χ2n) is 10.7. The molecule has 0 bridgehead atoms. The van der Waals surface area contributed by atoms with Crippen molar-refractivity contribution in [2.24, 2.45) is 5.92 Å². The zero-order chi connectivity index (χ0) is 31.5. The Morgan fingerprint density at radius 3 is 2.33 bits per heavy atom. The molecule has 0 unspecified atom stereocenters. The molecule has 2 aliphatic heterocycles. The number of amides is 3. The molecular formula is C29H32Cl3N3O8. The van der Waals surface area contributed by atoms with Crippen LogP contribution in [-0.4, -0.2) is 69.8 Å². The van der Waals surface area contributed by atoms with Crippen molar-refractivity contribution in [1.82, 2.24) is 10.2 Å². The van der Waals surface area contributed by atoms with Crippen molar-refractivity contribution in [1.29, 1.82) is 0 Å². The van der Waals surface area contributed by atoms with Crippen LogP contribution in [-0.2, 0) is 36.0 Å². The lowest BCUT2D eigenvalue weighted by Gasteiger charge is -2.38. The number of nitrogens with zero attached hydrogens (tertiary/aromatic N) is 2. The predicted octanol–water partition coefficient (Wildman–Crippen LogP) is 4.64. The fraction of sp³-hybridized carbons (Fsp3) is 0.448. The van der Waals surface area contributed by atoms with Crippen LogP contribution in [0.2, 0.25) is 0 Å². The number of fused-ring (bicyclic) bond motifs is 3. The molecule has 14 heteroatoms. The van der Waals surface area contributed by atoms with Crippen molar-refractivity contribution in [3.05, 3.63) is 65.7 Å². The van der Waals surface area contributed by atoms with Gasteiger partial charge < -0.3 is 24.6 Å². The van der Waals surface area contributed by atoms with Gasteiger partial charge in [-0.1, -0.05) is 97.2 Å². The van der Waals surface area contributed by atoms with Crippen molar-refractivity contribution in [2.45, 2.75) is 60.9 Å². The normalized spacial score (nSPS) is 21.7. The van der Waals surface area contributed by atoms with E-state index in [0.717, 1.165) is 12.7 Å². The number of rotatable bonds is 9. The first-order chi connectivity index (χ1) is 20.3. The molecule has 4 atom stereocenters. The van der Waals surface area contributed by atoms with E-state index in [9.17, 15) is 24.3 Å².